The topological polar surface area (TPSA) is 72.2 Å². The first-order valence-electron chi connectivity index (χ1n) is 6.83. The molecule has 1 fully saturated rings. The van der Waals surface area contributed by atoms with Crippen LogP contribution in [-0.4, -0.2) is 15.0 Å². The lowest BCUT2D eigenvalue weighted by Crippen LogP contribution is -2.26. The van der Waals surface area contributed by atoms with Gasteiger partial charge in [0.05, 0.1) is 4.90 Å². The van der Waals surface area contributed by atoms with Crippen LogP contribution in [-0.2, 0) is 16.6 Å². The highest BCUT2D eigenvalue weighted by Gasteiger charge is 2.21. The summed E-state index contributed by atoms with van der Waals surface area (Å²) in [7, 11) is -3.41. The summed E-state index contributed by atoms with van der Waals surface area (Å²) in [6.45, 7) is 2.68. The van der Waals surface area contributed by atoms with E-state index in [1.165, 1.54) is 12.8 Å². The lowest BCUT2D eigenvalue weighted by Gasteiger charge is -2.11. The second-order valence-electron chi connectivity index (χ2n) is 5.23. The van der Waals surface area contributed by atoms with Crippen LogP contribution in [0.1, 0.15) is 36.8 Å². The molecule has 0 heterocycles. The van der Waals surface area contributed by atoms with E-state index in [1.807, 2.05) is 6.07 Å². The van der Waals surface area contributed by atoms with Gasteiger partial charge in [0, 0.05) is 13.1 Å². The molecule has 0 aliphatic heterocycles. The summed E-state index contributed by atoms with van der Waals surface area (Å²) in [5.74, 6) is 0.840. The molecule has 0 radical (unpaired) electrons. The highest BCUT2D eigenvalue weighted by Crippen LogP contribution is 2.33. The predicted octanol–water partition coefficient (Wildman–Crippen LogP) is 1.92. The highest BCUT2D eigenvalue weighted by atomic mass is 32.2. The summed E-state index contributed by atoms with van der Waals surface area (Å²) >= 11 is 0. The Morgan fingerprint density at radius 3 is 2.74 bits per heavy atom. The summed E-state index contributed by atoms with van der Waals surface area (Å²) < 4.78 is 27.1. The number of sulfonamides is 1. The summed E-state index contributed by atoms with van der Waals surface area (Å²) in [5.41, 5.74) is 7.23. The van der Waals surface area contributed by atoms with E-state index in [4.69, 9.17) is 5.73 Å². The average Bonchev–Trinajstić information content (AvgIpc) is 3.19. The smallest absolute Gasteiger partial charge is 0.240 e. The van der Waals surface area contributed by atoms with Gasteiger partial charge < -0.3 is 5.73 Å². The summed E-state index contributed by atoms with van der Waals surface area (Å²) in [4.78, 5) is 0.349. The summed E-state index contributed by atoms with van der Waals surface area (Å²) in [6, 6.07) is 5.24. The molecule has 1 aliphatic carbocycles. The SMILES string of the molecule is Cc1c(CN)cccc1S(=O)(=O)NCCCC1CC1. The van der Waals surface area contributed by atoms with Crippen molar-refractivity contribution in [3.05, 3.63) is 29.3 Å². The Hall–Kier alpha value is -0.910. The van der Waals surface area contributed by atoms with Gasteiger partial charge in [0.15, 0.2) is 0 Å². The van der Waals surface area contributed by atoms with E-state index in [1.54, 1.807) is 19.1 Å². The minimum Gasteiger partial charge on any atom is -0.326 e. The molecule has 0 unspecified atom stereocenters. The Kier molecular flexibility index (Phi) is 4.60. The van der Waals surface area contributed by atoms with Crippen LogP contribution in [0.4, 0.5) is 0 Å². The van der Waals surface area contributed by atoms with Crippen LogP contribution < -0.4 is 10.5 Å². The van der Waals surface area contributed by atoms with E-state index >= 15 is 0 Å². The van der Waals surface area contributed by atoms with Crippen molar-refractivity contribution in [2.45, 2.75) is 44.0 Å². The normalized spacial score (nSPS) is 15.7. The third kappa shape index (κ3) is 3.78. The fourth-order valence-corrected chi connectivity index (χ4v) is 3.61. The van der Waals surface area contributed by atoms with E-state index in [-0.39, 0.29) is 0 Å². The van der Waals surface area contributed by atoms with Gasteiger partial charge in [-0.3, -0.25) is 0 Å². The van der Waals surface area contributed by atoms with Crippen molar-refractivity contribution >= 4 is 10.0 Å². The maximum absolute atomic E-state index is 12.2. The molecule has 0 amide bonds. The molecule has 5 heteroatoms. The van der Waals surface area contributed by atoms with Crippen LogP contribution in [0.15, 0.2) is 23.1 Å². The number of benzene rings is 1. The van der Waals surface area contributed by atoms with Crippen molar-refractivity contribution in [2.24, 2.45) is 11.7 Å². The Balaban J connectivity index is 2.01. The molecule has 0 spiro atoms. The van der Waals surface area contributed by atoms with Crippen molar-refractivity contribution in [1.82, 2.24) is 4.72 Å². The summed E-state index contributed by atoms with van der Waals surface area (Å²) in [6.07, 6.45) is 4.67. The second kappa shape index (κ2) is 6.03. The lowest BCUT2D eigenvalue weighted by molar-refractivity contribution is 0.572. The maximum Gasteiger partial charge on any atom is 0.240 e. The largest absolute Gasteiger partial charge is 0.326 e. The molecule has 0 aromatic heterocycles. The Labute approximate surface area is 115 Å². The maximum atomic E-state index is 12.2. The van der Waals surface area contributed by atoms with Crippen LogP contribution in [0.25, 0.3) is 0 Å². The number of hydrogen-bond donors (Lipinski definition) is 2. The van der Waals surface area contributed by atoms with Crippen LogP contribution in [0.3, 0.4) is 0 Å². The molecule has 0 saturated heterocycles. The van der Waals surface area contributed by atoms with Gasteiger partial charge in [-0.25, -0.2) is 13.1 Å². The standard InChI is InChI=1S/C14H22N2O2S/c1-11-13(10-15)5-2-6-14(11)19(17,18)16-9-3-4-12-7-8-12/h2,5-6,12,16H,3-4,7-10,15H2,1H3. The summed E-state index contributed by atoms with van der Waals surface area (Å²) in [5, 5.41) is 0. The van der Waals surface area contributed by atoms with Gasteiger partial charge in [0.1, 0.15) is 0 Å². The molecular formula is C14H22N2O2S. The van der Waals surface area contributed by atoms with E-state index in [0.29, 0.717) is 18.0 Å². The molecule has 4 nitrogen and oxygen atoms in total. The van der Waals surface area contributed by atoms with Gasteiger partial charge in [0.25, 0.3) is 0 Å². The minimum absolute atomic E-state index is 0.349. The van der Waals surface area contributed by atoms with Crippen LogP contribution in [0.5, 0.6) is 0 Å². The number of nitrogens with one attached hydrogen (secondary N) is 1. The molecule has 1 aliphatic rings. The molecular weight excluding hydrogens is 260 g/mol. The first kappa shape index (κ1) is 14.5. The first-order chi connectivity index (χ1) is 9.04. The van der Waals surface area contributed by atoms with Gasteiger partial charge in [-0.2, -0.15) is 0 Å². The second-order valence-corrected chi connectivity index (χ2v) is 6.96. The van der Waals surface area contributed by atoms with Crippen LogP contribution >= 0.6 is 0 Å². The Morgan fingerprint density at radius 2 is 2.11 bits per heavy atom. The van der Waals surface area contributed by atoms with Gasteiger partial charge in [-0.1, -0.05) is 25.0 Å². The van der Waals surface area contributed by atoms with Gasteiger partial charge >= 0.3 is 0 Å². The number of hydrogen-bond acceptors (Lipinski definition) is 3. The molecule has 1 aromatic carbocycles. The average molecular weight is 282 g/mol. The van der Waals surface area contributed by atoms with Crippen LogP contribution in [0, 0.1) is 12.8 Å². The molecule has 0 atom stereocenters. The van der Waals surface area contributed by atoms with Crippen molar-refractivity contribution in [1.29, 1.82) is 0 Å². The van der Waals surface area contributed by atoms with E-state index in [9.17, 15) is 8.42 Å². The predicted molar refractivity (Wildman–Crippen MR) is 76.2 cm³/mol. The number of rotatable bonds is 7. The molecule has 1 aromatic rings. The van der Waals surface area contributed by atoms with Crippen LogP contribution in [0.2, 0.25) is 0 Å². The fraction of sp³-hybridized carbons (Fsp3) is 0.571. The van der Waals surface area contributed by atoms with Gasteiger partial charge in [-0.05, 0) is 42.9 Å². The van der Waals surface area contributed by atoms with Gasteiger partial charge in [-0.15, -0.1) is 0 Å². The van der Waals surface area contributed by atoms with Crippen molar-refractivity contribution in [3.63, 3.8) is 0 Å². The molecule has 1 saturated carbocycles. The molecule has 19 heavy (non-hydrogen) atoms. The van der Waals surface area contributed by atoms with E-state index in [2.05, 4.69) is 4.72 Å². The zero-order valence-corrected chi connectivity index (χ0v) is 12.2. The van der Waals surface area contributed by atoms with E-state index in [0.717, 1.165) is 29.9 Å². The molecule has 106 valence electrons. The quantitative estimate of drug-likeness (QED) is 0.751. The minimum atomic E-state index is -3.41. The Morgan fingerprint density at radius 1 is 1.37 bits per heavy atom. The van der Waals surface area contributed by atoms with Crippen molar-refractivity contribution < 1.29 is 8.42 Å². The molecule has 3 N–H and O–H groups in total. The first-order valence-corrected chi connectivity index (χ1v) is 8.31. The van der Waals surface area contributed by atoms with Crippen molar-refractivity contribution in [2.75, 3.05) is 6.54 Å². The van der Waals surface area contributed by atoms with E-state index < -0.39 is 10.0 Å². The number of nitrogens with two attached hydrogens (primary N) is 1. The monoisotopic (exact) mass is 282 g/mol. The highest BCUT2D eigenvalue weighted by molar-refractivity contribution is 7.89. The third-order valence-corrected chi connectivity index (χ3v) is 5.29. The zero-order valence-electron chi connectivity index (χ0n) is 11.4. The molecule has 0 bridgehead atoms. The Bertz CT molecular complexity index is 536. The third-order valence-electron chi connectivity index (χ3n) is 3.68. The van der Waals surface area contributed by atoms with Gasteiger partial charge in [0.2, 0.25) is 10.0 Å². The molecule has 2 rings (SSSR count). The van der Waals surface area contributed by atoms with Crippen molar-refractivity contribution in [3.8, 4) is 0 Å². The zero-order chi connectivity index (χ0) is 13.9. The lowest BCUT2D eigenvalue weighted by atomic mass is 10.1. The fourth-order valence-electron chi connectivity index (χ4n) is 2.25.